The number of benzene rings is 1. The van der Waals surface area contributed by atoms with E-state index in [1.165, 1.54) is 31.3 Å². The van der Waals surface area contributed by atoms with Crippen LogP contribution in [0.4, 0.5) is 10.5 Å². The summed E-state index contributed by atoms with van der Waals surface area (Å²) in [7, 11) is 0. The van der Waals surface area contributed by atoms with E-state index in [-0.39, 0.29) is 6.03 Å². The molecule has 0 atom stereocenters. The quantitative estimate of drug-likeness (QED) is 0.794. The van der Waals surface area contributed by atoms with Crippen molar-refractivity contribution >= 4 is 23.3 Å². The van der Waals surface area contributed by atoms with Gasteiger partial charge in [0, 0.05) is 6.20 Å². The third-order valence-corrected chi connectivity index (χ3v) is 4.40. The van der Waals surface area contributed by atoms with E-state index in [0.717, 1.165) is 11.1 Å². The molecule has 0 radical (unpaired) electrons. The van der Waals surface area contributed by atoms with Crippen molar-refractivity contribution in [1.82, 2.24) is 5.32 Å². The van der Waals surface area contributed by atoms with Gasteiger partial charge in [0.1, 0.15) is 0 Å². The van der Waals surface area contributed by atoms with Gasteiger partial charge in [-0.15, -0.1) is 0 Å². The molecular formula is C17H23ClN2O. The highest BCUT2D eigenvalue weighted by Crippen LogP contribution is 2.30. The average molecular weight is 307 g/mol. The minimum Gasteiger partial charge on any atom is -0.314 e. The largest absolute Gasteiger partial charge is 0.323 e. The first-order valence-corrected chi connectivity index (χ1v) is 7.86. The smallest absolute Gasteiger partial charge is 0.314 e. The van der Waals surface area contributed by atoms with Gasteiger partial charge in [0.2, 0.25) is 0 Å². The molecule has 21 heavy (non-hydrogen) atoms. The first kappa shape index (κ1) is 15.9. The van der Waals surface area contributed by atoms with E-state index in [1.807, 2.05) is 32.2 Å². The van der Waals surface area contributed by atoms with E-state index in [9.17, 15) is 4.79 Å². The highest BCUT2D eigenvalue weighted by Gasteiger charge is 2.16. The number of carbonyl (C=O) groups excluding carboxylic acids is 1. The number of allylic oxidation sites excluding steroid dienone is 1. The van der Waals surface area contributed by atoms with E-state index >= 15 is 0 Å². The number of urea groups is 1. The lowest BCUT2D eigenvalue weighted by Crippen LogP contribution is -2.25. The number of aryl methyl sites for hydroxylation is 2. The normalized spacial score (nSPS) is 16.1. The summed E-state index contributed by atoms with van der Waals surface area (Å²) < 4.78 is 0. The Labute approximate surface area is 131 Å². The summed E-state index contributed by atoms with van der Waals surface area (Å²) in [6.45, 7) is 6.00. The Balaban J connectivity index is 1.97. The number of hydrogen-bond donors (Lipinski definition) is 2. The molecule has 1 aliphatic rings. The molecule has 1 aromatic carbocycles. The van der Waals surface area contributed by atoms with Gasteiger partial charge < -0.3 is 10.6 Å². The maximum atomic E-state index is 12.0. The van der Waals surface area contributed by atoms with Crippen LogP contribution in [0.1, 0.15) is 43.7 Å². The maximum absolute atomic E-state index is 12.0. The van der Waals surface area contributed by atoms with Crippen LogP contribution in [0.25, 0.3) is 0 Å². The van der Waals surface area contributed by atoms with Crippen molar-refractivity contribution in [2.24, 2.45) is 5.92 Å². The summed E-state index contributed by atoms with van der Waals surface area (Å²) in [6, 6.07) is 3.60. The molecule has 1 saturated carbocycles. The Hall–Kier alpha value is -1.48. The summed E-state index contributed by atoms with van der Waals surface area (Å²) in [5.41, 5.74) is 3.97. The van der Waals surface area contributed by atoms with Crippen LogP contribution in [0.15, 0.2) is 23.9 Å². The maximum Gasteiger partial charge on any atom is 0.323 e. The second-order valence-corrected chi connectivity index (χ2v) is 6.31. The van der Waals surface area contributed by atoms with E-state index in [2.05, 4.69) is 17.6 Å². The first-order chi connectivity index (χ1) is 9.97. The molecule has 114 valence electrons. The number of halogens is 1. The first-order valence-electron chi connectivity index (χ1n) is 7.48. The average Bonchev–Trinajstić information content (AvgIpc) is 2.94. The van der Waals surface area contributed by atoms with Gasteiger partial charge in [0.05, 0.1) is 10.7 Å². The van der Waals surface area contributed by atoms with Crippen molar-refractivity contribution in [2.45, 2.75) is 46.5 Å². The van der Waals surface area contributed by atoms with Gasteiger partial charge in [-0.3, -0.25) is 0 Å². The van der Waals surface area contributed by atoms with Crippen LogP contribution >= 0.6 is 11.6 Å². The number of rotatable bonds is 3. The zero-order valence-corrected chi connectivity index (χ0v) is 13.7. The minimum atomic E-state index is -0.249. The Kier molecular flexibility index (Phi) is 5.29. The molecule has 4 heteroatoms. The zero-order chi connectivity index (χ0) is 15.4. The molecule has 1 aromatic rings. The molecule has 1 aliphatic carbocycles. The van der Waals surface area contributed by atoms with Crippen molar-refractivity contribution in [3.63, 3.8) is 0 Å². The lowest BCUT2D eigenvalue weighted by atomic mass is 10.0. The highest BCUT2D eigenvalue weighted by atomic mass is 35.5. The molecule has 3 nitrogen and oxygen atoms in total. The van der Waals surface area contributed by atoms with Gasteiger partial charge in [-0.05, 0) is 56.7 Å². The Morgan fingerprint density at radius 3 is 2.57 bits per heavy atom. The number of nitrogens with one attached hydrogen (secondary N) is 2. The van der Waals surface area contributed by atoms with Gasteiger partial charge in [0.25, 0.3) is 0 Å². The van der Waals surface area contributed by atoms with E-state index in [4.69, 9.17) is 11.6 Å². The Morgan fingerprint density at radius 2 is 1.95 bits per heavy atom. The molecule has 0 heterocycles. The van der Waals surface area contributed by atoms with Crippen LogP contribution in [0, 0.1) is 19.8 Å². The van der Waals surface area contributed by atoms with Crippen molar-refractivity contribution in [2.75, 3.05) is 5.32 Å². The number of carbonyl (C=O) groups is 1. The number of hydrogen-bond acceptors (Lipinski definition) is 1. The second kappa shape index (κ2) is 6.99. The fourth-order valence-corrected chi connectivity index (χ4v) is 3.27. The van der Waals surface area contributed by atoms with Crippen molar-refractivity contribution in [1.29, 1.82) is 0 Å². The number of anilines is 1. The molecule has 0 aromatic heterocycles. The Bertz CT molecular complexity index is 537. The molecule has 2 amide bonds. The predicted octanol–water partition coefficient (Wildman–Crippen LogP) is 5.17. The molecule has 0 saturated heterocycles. The molecular weight excluding hydrogens is 284 g/mol. The van der Waals surface area contributed by atoms with Gasteiger partial charge in [-0.1, -0.05) is 36.1 Å². The van der Waals surface area contributed by atoms with Crippen LogP contribution in [0.3, 0.4) is 0 Å². The summed E-state index contributed by atoms with van der Waals surface area (Å²) in [5, 5.41) is 6.20. The van der Waals surface area contributed by atoms with Gasteiger partial charge in [-0.25, -0.2) is 4.79 Å². The SMILES string of the molecule is C/C(=C\NC(=O)Nc1c(C)cc(C)cc1Cl)C1CCCC1. The highest BCUT2D eigenvalue weighted by molar-refractivity contribution is 6.34. The standard InChI is InChI=1S/C17H23ClN2O/c1-11-8-12(2)16(15(18)9-11)20-17(21)19-10-13(3)14-6-4-5-7-14/h8-10,14H,4-7H2,1-3H3,(H2,19,20,21)/b13-10+. The monoisotopic (exact) mass is 306 g/mol. The predicted molar refractivity (Wildman–Crippen MR) is 88.8 cm³/mol. The van der Waals surface area contributed by atoms with Crippen LogP contribution < -0.4 is 10.6 Å². The van der Waals surface area contributed by atoms with Gasteiger partial charge in [0.15, 0.2) is 0 Å². The van der Waals surface area contributed by atoms with Crippen molar-refractivity contribution in [3.05, 3.63) is 40.1 Å². The zero-order valence-electron chi connectivity index (χ0n) is 12.9. The summed E-state index contributed by atoms with van der Waals surface area (Å²) in [6.07, 6.45) is 6.87. The molecule has 0 unspecified atom stereocenters. The van der Waals surface area contributed by atoms with Crippen LogP contribution in [-0.4, -0.2) is 6.03 Å². The summed E-state index contributed by atoms with van der Waals surface area (Å²) in [5.74, 6) is 0.620. The molecule has 0 spiro atoms. The van der Waals surface area contributed by atoms with Gasteiger partial charge >= 0.3 is 6.03 Å². The topological polar surface area (TPSA) is 41.1 Å². The summed E-state index contributed by atoms with van der Waals surface area (Å²) >= 11 is 6.19. The fourth-order valence-electron chi connectivity index (χ4n) is 2.90. The third kappa shape index (κ3) is 4.24. The van der Waals surface area contributed by atoms with E-state index in [0.29, 0.717) is 16.6 Å². The van der Waals surface area contributed by atoms with Crippen LogP contribution in [0.2, 0.25) is 5.02 Å². The van der Waals surface area contributed by atoms with E-state index in [1.54, 1.807) is 0 Å². The molecule has 1 fully saturated rings. The van der Waals surface area contributed by atoms with E-state index < -0.39 is 0 Å². The minimum absolute atomic E-state index is 0.249. The second-order valence-electron chi connectivity index (χ2n) is 5.91. The number of amides is 2. The van der Waals surface area contributed by atoms with Crippen LogP contribution in [0.5, 0.6) is 0 Å². The van der Waals surface area contributed by atoms with Crippen molar-refractivity contribution in [3.8, 4) is 0 Å². The molecule has 2 N–H and O–H groups in total. The molecule has 2 rings (SSSR count). The fraction of sp³-hybridized carbons (Fsp3) is 0.471. The third-order valence-electron chi connectivity index (χ3n) is 4.10. The van der Waals surface area contributed by atoms with Gasteiger partial charge in [-0.2, -0.15) is 0 Å². The lowest BCUT2D eigenvalue weighted by molar-refractivity contribution is 0.255. The van der Waals surface area contributed by atoms with Crippen molar-refractivity contribution < 1.29 is 4.79 Å². The van der Waals surface area contributed by atoms with Crippen LogP contribution in [-0.2, 0) is 0 Å². The lowest BCUT2D eigenvalue weighted by Gasteiger charge is -2.13. The molecule has 0 aliphatic heterocycles. The molecule has 0 bridgehead atoms. The summed E-state index contributed by atoms with van der Waals surface area (Å²) in [4.78, 5) is 12.0. The Morgan fingerprint density at radius 1 is 1.29 bits per heavy atom.